The molecule has 170 valence electrons. The van der Waals surface area contributed by atoms with Crippen molar-refractivity contribution in [2.45, 2.75) is 25.4 Å². The molecule has 3 aromatic rings. The predicted molar refractivity (Wildman–Crippen MR) is 123 cm³/mol. The number of rotatable bonds is 4. The number of aromatic hydroxyl groups is 3. The second-order valence-corrected chi connectivity index (χ2v) is 7.97. The van der Waals surface area contributed by atoms with Gasteiger partial charge in [-0.25, -0.2) is 9.78 Å². The molecule has 1 aliphatic heterocycles. The molecule has 0 unspecified atom stereocenters. The Balaban J connectivity index is 0.00000289. The molecule has 1 aromatic heterocycles. The minimum atomic E-state index is -0.172. The maximum Gasteiger partial charge on any atom is 0.329 e. The number of carbonyl (C=O) groups is 1. The molecular weight excluding hydrogens is 432 g/mol. The number of hydrogen-bond donors (Lipinski definition) is 3. The van der Waals surface area contributed by atoms with Crippen molar-refractivity contribution in [2.75, 3.05) is 20.1 Å². The number of amides is 1. The van der Waals surface area contributed by atoms with Crippen LogP contribution in [0.4, 0.5) is 4.79 Å². The Morgan fingerprint density at radius 2 is 1.75 bits per heavy atom. The van der Waals surface area contributed by atoms with Crippen molar-refractivity contribution in [1.82, 2.24) is 19.4 Å². The Morgan fingerprint density at radius 1 is 1.06 bits per heavy atom. The van der Waals surface area contributed by atoms with E-state index in [9.17, 15) is 20.1 Å². The molecule has 0 atom stereocenters. The Hall–Kier alpha value is -3.23. The summed E-state index contributed by atoms with van der Waals surface area (Å²) in [7, 11) is 1.80. The first-order chi connectivity index (χ1) is 14.9. The third-order valence-corrected chi connectivity index (χ3v) is 5.73. The molecule has 2 heterocycles. The van der Waals surface area contributed by atoms with Crippen molar-refractivity contribution in [3.63, 3.8) is 0 Å². The number of hydrogen-bond acceptors (Lipinski definition) is 6. The van der Waals surface area contributed by atoms with Crippen LogP contribution in [0.15, 0.2) is 55.0 Å². The molecule has 0 aliphatic carbocycles. The molecule has 1 saturated heterocycles. The number of aromatic nitrogens is 2. The van der Waals surface area contributed by atoms with E-state index in [1.807, 2.05) is 12.1 Å². The highest BCUT2D eigenvalue weighted by Gasteiger charge is 2.26. The number of phenolic OH excluding ortho intramolecular Hbond substituents is 3. The average Bonchev–Trinajstić information content (AvgIpc) is 3.23. The van der Waals surface area contributed by atoms with Gasteiger partial charge in [-0.1, -0.05) is 12.1 Å². The van der Waals surface area contributed by atoms with Gasteiger partial charge in [-0.2, -0.15) is 0 Å². The molecule has 0 radical (unpaired) electrons. The lowest BCUT2D eigenvalue weighted by Crippen LogP contribution is -2.46. The van der Waals surface area contributed by atoms with Gasteiger partial charge < -0.3 is 20.2 Å². The van der Waals surface area contributed by atoms with E-state index < -0.39 is 0 Å². The van der Waals surface area contributed by atoms with Crippen LogP contribution in [-0.2, 0) is 6.54 Å². The summed E-state index contributed by atoms with van der Waals surface area (Å²) in [5.74, 6) is 0.147. The molecule has 1 aliphatic rings. The van der Waals surface area contributed by atoms with Gasteiger partial charge >= 0.3 is 6.03 Å². The first-order valence-corrected chi connectivity index (χ1v) is 10.2. The fourth-order valence-electron chi connectivity index (χ4n) is 4.04. The van der Waals surface area contributed by atoms with Gasteiger partial charge in [0.15, 0.2) is 0 Å². The Kier molecular flexibility index (Phi) is 7.27. The SMILES string of the molecule is CN(C(=O)n1cnc(-c2cc(O)cc(O)c2)c1)C1CCN(Cc2cccc(O)c2)CC1.Cl. The van der Waals surface area contributed by atoms with E-state index in [1.54, 1.807) is 30.3 Å². The first-order valence-electron chi connectivity index (χ1n) is 10.2. The third kappa shape index (κ3) is 5.33. The second kappa shape index (κ2) is 9.93. The van der Waals surface area contributed by atoms with Crippen LogP contribution < -0.4 is 0 Å². The van der Waals surface area contributed by atoms with Gasteiger partial charge in [0.05, 0.1) is 5.69 Å². The number of imidazole rings is 1. The second-order valence-electron chi connectivity index (χ2n) is 7.97. The predicted octanol–water partition coefficient (Wildman–Crippen LogP) is 3.65. The van der Waals surface area contributed by atoms with Gasteiger partial charge in [-0.15, -0.1) is 12.4 Å². The van der Waals surface area contributed by atoms with Crippen LogP contribution in [0.25, 0.3) is 11.3 Å². The van der Waals surface area contributed by atoms with Crippen molar-refractivity contribution < 1.29 is 20.1 Å². The van der Waals surface area contributed by atoms with Gasteiger partial charge in [0, 0.05) is 50.6 Å². The fourth-order valence-corrected chi connectivity index (χ4v) is 4.04. The molecule has 0 bridgehead atoms. The first kappa shape index (κ1) is 23.4. The highest BCUT2D eigenvalue weighted by Crippen LogP contribution is 2.27. The van der Waals surface area contributed by atoms with Crippen LogP contribution >= 0.6 is 12.4 Å². The van der Waals surface area contributed by atoms with Gasteiger partial charge in [0.25, 0.3) is 0 Å². The van der Waals surface area contributed by atoms with Crippen LogP contribution in [0.5, 0.6) is 17.2 Å². The maximum absolute atomic E-state index is 12.9. The topological polar surface area (TPSA) is 102 Å². The monoisotopic (exact) mass is 458 g/mol. The van der Waals surface area contributed by atoms with Crippen molar-refractivity contribution in [2.24, 2.45) is 0 Å². The summed E-state index contributed by atoms with van der Waals surface area (Å²) in [5, 5.41) is 29.0. The normalized spacial score (nSPS) is 14.7. The maximum atomic E-state index is 12.9. The van der Waals surface area contributed by atoms with Gasteiger partial charge in [0.1, 0.15) is 23.6 Å². The minimum absolute atomic E-state index is 0. The molecule has 32 heavy (non-hydrogen) atoms. The lowest BCUT2D eigenvalue weighted by Gasteiger charge is -2.36. The van der Waals surface area contributed by atoms with Crippen molar-refractivity contribution in [3.8, 4) is 28.5 Å². The third-order valence-electron chi connectivity index (χ3n) is 5.73. The molecule has 1 amide bonds. The molecule has 3 N–H and O–H groups in total. The minimum Gasteiger partial charge on any atom is -0.508 e. The van der Waals surface area contributed by atoms with E-state index >= 15 is 0 Å². The number of likely N-dealkylation sites (tertiary alicyclic amines) is 1. The molecule has 9 heteroatoms. The van der Waals surface area contributed by atoms with Crippen molar-refractivity contribution in [3.05, 3.63) is 60.6 Å². The van der Waals surface area contributed by atoms with E-state index in [4.69, 9.17) is 0 Å². The van der Waals surface area contributed by atoms with Crippen molar-refractivity contribution >= 4 is 18.4 Å². The molecule has 1 fully saturated rings. The van der Waals surface area contributed by atoms with Crippen LogP contribution in [0.2, 0.25) is 0 Å². The highest BCUT2D eigenvalue weighted by atomic mass is 35.5. The number of carbonyl (C=O) groups excluding carboxylic acids is 1. The average molecular weight is 459 g/mol. The summed E-state index contributed by atoms with van der Waals surface area (Å²) >= 11 is 0. The molecule has 2 aromatic carbocycles. The summed E-state index contributed by atoms with van der Waals surface area (Å²) in [5.41, 5.74) is 2.10. The number of benzene rings is 2. The Morgan fingerprint density at radius 3 is 2.41 bits per heavy atom. The van der Waals surface area contributed by atoms with Crippen molar-refractivity contribution in [1.29, 1.82) is 0 Å². The van der Waals surface area contributed by atoms with Gasteiger partial charge in [-0.05, 0) is 42.7 Å². The van der Waals surface area contributed by atoms with Crippen LogP contribution in [0.1, 0.15) is 18.4 Å². The fraction of sp³-hybridized carbons (Fsp3) is 0.304. The Bertz CT molecular complexity index is 1060. The zero-order chi connectivity index (χ0) is 22.0. The van der Waals surface area contributed by atoms with E-state index in [-0.39, 0.29) is 41.7 Å². The molecule has 0 spiro atoms. The lowest BCUT2D eigenvalue weighted by molar-refractivity contribution is 0.132. The number of piperidine rings is 1. The largest absolute Gasteiger partial charge is 0.508 e. The smallest absolute Gasteiger partial charge is 0.329 e. The zero-order valence-corrected chi connectivity index (χ0v) is 18.6. The van der Waals surface area contributed by atoms with Gasteiger partial charge in [-0.3, -0.25) is 9.47 Å². The molecule has 0 saturated carbocycles. The van der Waals surface area contributed by atoms with E-state index in [0.29, 0.717) is 11.3 Å². The molecule has 8 nitrogen and oxygen atoms in total. The molecule has 4 rings (SSSR count). The highest BCUT2D eigenvalue weighted by molar-refractivity contribution is 5.85. The van der Waals surface area contributed by atoms with E-state index in [1.165, 1.54) is 29.1 Å². The lowest BCUT2D eigenvalue weighted by atomic mass is 10.0. The summed E-state index contributed by atoms with van der Waals surface area (Å²) in [6.45, 7) is 2.52. The quantitative estimate of drug-likeness (QED) is 0.551. The Labute approximate surface area is 192 Å². The number of nitrogens with zero attached hydrogens (tertiary/aromatic N) is 4. The van der Waals surface area contributed by atoms with Crippen LogP contribution in [0.3, 0.4) is 0 Å². The van der Waals surface area contributed by atoms with Gasteiger partial charge in [0.2, 0.25) is 0 Å². The van der Waals surface area contributed by atoms with E-state index in [0.717, 1.165) is 38.0 Å². The standard InChI is InChI=1S/C23H26N4O4.ClH/c1-25(18-5-7-26(8-6-18)13-16-3-2-4-19(28)9-16)23(31)27-14-22(24-15-27)17-10-20(29)12-21(30)11-17;/h2-4,9-12,14-15,18,28-30H,5-8,13H2,1H3;1H. The number of halogens is 1. The van der Waals surface area contributed by atoms with E-state index in [2.05, 4.69) is 9.88 Å². The number of phenols is 3. The summed E-state index contributed by atoms with van der Waals surface area (Å²) < 4.78 is 1.43. The van der Waals surface area contributed by atoms with Crippen LogP contribution in [-0.4, -0.2) is 66.9 Å². The summed E-state index contributed by atoms with van der Waals surface area (Å²) in [6.07, 6.45) is 4.78. The van der Waals surface area contributed by atoms with Crippen LogP contribution in [0, 0.1) is 0 Å². The summed E-state index contributed by atoms with van der Waals surface area (Å²) in [6, 6.07) is 11.5. The molecular formula is C23H27ClN4O4. The summed E-state index contributed by atoms with van der Waals surface area (Å²) in [4.78, 5) is 21.3. The zero-order valence-electron chi connectivity index (χ0n) is 17.8.